The maximum atomic E-state index is 10.9. The summed E-state index contributed by atoms with van der Waals surface area (Å²) in [6.45, 7) is 2.56. The number of anilines is 2. The Labute approximate surface area is 107 Å². The Morgan fingerprint density at radius 1 is 1.50 bits per heavy atom. The van der Waals surface area contributed by atoms with Gasteiger partial charge < -0.3 is 15.0 Å². The van der Waals surface area contributed by atoms with Gasteiger partial charge in [-0.3, -0.25) is 10.1 Å². The molecule has 0 heterocycles. The number of methoxy groups -OCH3 is 1. The number of hydrogen-bond acceptors (Lipinski definition) is 5. The summed E-state index contributed by atoms with van der Waals surface area (Å²) < 4.78 is 5.09. The Hall–Kier alpha value is -1.82. The highest BCUT2D eigenvalue weighted by Crippen LogP contribution is 2.27. The standard InChI is InChI=1S/C12H19N3O3/c1-9(8-18-4)14(3)11-5-10(13-2)6-12(7-11)15(16)17/h5-7,9,13H,8H2,1-4H3. The van der Waals surface area contributed by atoms with Crippen LogP contribution in [0.15, 0.2) is 18.2 Å². The molecule has 1 aromatic rings. The van der Waals surface area contributed by atoms with Crippen LogP contribution < -0.4 is 10.2 Å². The summed E-state index contributed by atoms with van der Waals surface area (Å²) in [5.74, 6) is 0. The van der Waals surface area contributed by atoms with Crippen LogP contribution >= 0.6 is 0 Å². The van der Waals surface area contributed by atoms with Gasteiger partial charge in [-0.15, -0.1) is 0 Å². The fourth-order valence-electron chi connectivity index (χ4n) is 1.66. The van der Waals surface area contributed by atoms with E-state index in [0.29, 0.717) is 6.61 Å². The van der Waals surface area contributed by atoms with E-state index in [9.17, 15) is 10.1 Å². The number of benzene rings is 1. The van der Waals surface area contributed by atoms with E-state index in [1.165, 1.54) is 6.07 Å². The second-order valence-corrected chi connectivity index (χ2v) is 4.16. The molecule has 1 unspecified atom stereocenters. The van der Waals surface area contributed by atoms with Crippen molar-refractivity contribution < 1.29 is 9.66 Å². The maximum Gasteiger partial charge on any atom is 0.273 e. The zero-order valence-electron chi connectivity index (χ0n) is 11.1. The molecule has 0 aliphatic rings. The average molecular weight is 253 g/mol. The summed E-state index contributed by atoms with van der Waals surface area (Å²) in [7, 11) is 5.26. The molecular formula is C12H19N3O3. The van der Waals surface area contributed by atoms with Gasteiger partial charge in [-0.2, -0.15) is 0 Å². The lowest BCUT2D eigenvalue weighted by Crippen LogP contribution is -2.32. The molecule has 0 aliphatic carbocycles. The summed E-state index contributed by atoms with van der Waals surface area (Å²) in [5, 5.41) is 13.8. The van der Waals surface area contributed by atoms with Crippen LogP contribution in [0.1, 0.15) is 6.92 Å². The van der Waals surface area contributed by atoms with Crippen LogP contribution in [0.5, 0.6) is 0 Å². The topological polar surface area (TPSA) is 67.6 Å². The van der Waals surface area contributed by atoms with Crippen LogP contribution in [0.2, 0.25) is 0 Å². The number of non-ortho nitro benzene ring substituents is 1. The third-order valence-electron chi connectivity index (χ3n) is 2.88. The van der Waals surface area contributed by atoms with E-state index in [4.69, 9.17) is 4.74 Å². The van der Waals surface area contributed by atoms with Crippen molar-refractivity contribution in [1.29, 1.82) is 0 Å². The van der Waals surface area contributed by atoms with Crippen molar-refractivity contribution in [2.24, 2.45) is 0 Å². The number of hydrogen-bond donors (Lipinski definition) is 1. The van der Waals surface area contributed by atoms with Crippen molar-refractivity contribution in [3.8, 4) is 0 Å². The molecule has 1 N–H and O–H groups in total. The highest BCUT2D eigenvalue weighted by molar-refractivity contribution is 5.64. The van der Waals surface area contributed by atoms with Crippen molar-refractivity contribution in [2.45, 2.75) is 13.0 Å². The molecule has 1 rings (SSSR count). The minimum atomic E-state index is -0.390. The Balaban J connectivity index is 3.07. The van der Waals surface area contributed by atoms with Gasteiger partial charge in [0.25, 0.3) is 5.69 Å². The van der Waals surface area contributed by atoms with Gasteiger partial charge in [-0.05, 0) is 13.0 Å². The molecule has 6 heteroatoms. The SMILES string of the molecule is CNc1cc(N(C)C(C)COC)cc([N+](=O)[O-])c1. The molecule has 0 amide bonds. The number of nitrogens with one attached hydrogen (secondary N) is 1. The van der Waals surface area contributed by atoms with Crippen molar-refractivity contribution >= 4 is 17.1 Å². The third kappa shape index (κ3) is 3.33. The fourth-order valence-corrected chi connectivity index (χ4v) is 1.66. The quantitative estimate of drug-likeness (QED) is 0.621. The second-order valence-electron chi connectivity index (χ2n) is 4.16. The van der Waals surface area contributed by atoms with Crippen molar-refractivity contribution in [3.05, 3.63) is 28.3 Å². The van der Waals surface area contributed by atoms with E-state index in [1.54, 1.807) is 20.2 Å². The molecule has 0 fully saturated rings. The number of nitrogens with zero attached hydrogens (tertiary/aromatic N) is 2. The Kier molecular flexibility index (Phi) is 4.91. The van der Waals surface area contributed by atoms with Crippen LogP contribution in [-0.4, -0.2) is 38.8 Å². The zero-order valence-corrected chi connectivity index (χ0v) is 11.1. The first-order chi connectivity index (χ1) is 8.49. The number of rotatable bonds is 6. The van der Waals surface area contributed by atoms with Gasteiger partial charge in [-0.1, -0.05) is 0 Å². The lowest BCUT2D eigenvalue weighted by atomic mass is 10.2. The lowest BCUT2D eigenvalue weighted by molar-refractivity contribution is -0.384. The molecule has 0 saturated heterocycles. The Morgan fingerprint density at radius 2 is 2.17 bits per heavy atom. The molecule has 0 radical (unpaired) electrons. The molecule has 6 nitrogen and oxygen atoms in total. The van der Waals surface area contributed by atoms with Gasteiger partial charge in [0.2, 0.25) is 0 Å². The van der Waals surface area contributed by atoms with Gasteiger partial charge in [0, 0.05) is 50.8 Å². The number of nitro benzene ring substituents is 1. The summed E-state index contributed by atoms with van der Waals surface area (Å²) in [6, 6.07) is 5.09. The van der Waals surface area contributed by atoms with Gasteiger partial charge in [-0.25, -0.2) is 0 Å². The minimum Gasteiger partial charge on any atom is -0.388 e. The summed E-state index contributed by atoms with van der Waals surface area (Å²) in [4.78, 5) is 12.4. The Morgan fingerprint density at radius 3 is 2.67 bits per heavy atom. The largest absolute Gasteiger partial charge is 0.388 e. The minimum absolute atomic E-state index is 0.0771. The van der Waals surface area contributed by atoms with Crippen LogP contribution in [0.4, 0.5) is 17.1 Å². The zero-order chi connectivity index (χ0) is 13.7. The van der Waals surface area contributed by atoms with E-state index in [-0.39, 0.29) is 16.7 Å². The normalized spacial score (nSPS) is 12.0. The predicted octanol–water partition coefficient (Wildman–Crippen LogP) is 2.11. The molecule has 0 spiro atoms. The molecule has 100 valence electrons. The molecule has 0 aromatic heterocycles. The van der Waals surface area contributed by atoms with Gasteiger partial charge in [0.05, 0.1) is 11.5 Å². The van der Waals surface area contributed by atoms with Crippen LogP contribution in [0, 0.1) is 10.1 Å². The summed E-state index contributed by atoms with van der Waals surface area (Å²) in [5.41, 5.74) is 1.59. The highest BCUT2D eigenvalue weighted by Gasteiger charge is 2.15. The average Bonchev–Trinajstić information content (AvgIpc) is 2.37. The van der Waals surface area contributed by atoms with Gasteiger partial charge in [0.15, 0.2) is 0 Å². The van der Waals surface area contributed by atoms with Crippen LogP contribution in [0.3, 0.4) is 0 Å². The maximum absolute atomic E-state index is 10.9. The first-order valence-electron chi connectivity index (χ1n) is 5.68. The number of likely N-dealkylation sites (N-methyl/N-ethyl adjacent to an activating group) is 1. The van der Waals surface area contributed by atoms with Crippen LogP contribution in [-0.2, 0) is 4.74 Å². The lowest BCUT2D eigenvalue weighted by Gasteiger charge is -2.26. The monoisotopic (exact) mass is 253 g/mol. The smallest absolute Gasteiger partial charge is 0.273 e. The van der Waals surface area contributed by atoms with Crippen molar-refractivity contribution in [1.82, 2.24) is 0 Å². The van der Waals surface area contributed by atoms with Crippen molar-refractivity contribution in [2.75, 3.05) is 38.0 Å². The van der Waals surface area contributed by atoms with E-state index in [1.807, 2.05) is 24.9 Å². The second kappa shape index (κ2) is 6.20. The molecule has 1 aromatic carbocycles. The van der Waals surface area contributed by atoms with Crippen LogP contribution in [0.25, 0.3) is 0 Å². The highest BCUT2D eigenvalue weighted by atomic mass is 16.6. The van der Waals surface area contributed by atoms with Crippen molar-refractivity contribution in [3.63, 3.8) is 0 Å². The van der Waals surface area contributed by atoms with Gasteiger partial charge >= 0.3 is 0 Å². The molecule has 0 aliphatic heterocycles. The number of nitro groups is 1. The fraction of sp³-hybridized carbons (Fsp3) is 0.500. The molecule has 1 atom stereocenters. The van der Waals surface area contributed by atoms with E-state index >= 15 is 0 Å². The van der Waals surface area contributed by atoms with E-state index in [2.05, 4.69) is 5.32 Å². The van der Waals surface area contributed by atoms with Gasteiger partial charge in [0.1, 0.15) is 0 Å². The molecule has 0 saturated carbocycles. The summed E-state index contributed by atoms with van der Waals surface area (Å²) in [6.07, 6.45) is 0. The first kappa shape index (κ1) is 14.2. The van der Waals surface area contributed by atoms with E-state index in [0.717, 1.165) is 11.4 Å². The van der Waals surface area contributed by atoms with E-state index < -0.39 is 0 Å². The predicted molar refractivity (Wildman–Crippen MR) is 72.4 cm³/mol. The third-order valence-corrected chi connectivity index (χ3v) is 2.88. The first-order valence-corrected chi connectivity index (χ1v) is 5.68. The molecular weight excluding hydrogens is 234 g/mol. The Bertz CT molecular complexity index is 423. The molecule has 18 heavy (non-hydrogen) atoms. The summed E-state index contributed by atoms with van der Waals surface area (Å²) >= 11 is 0. The molecule has 0 bridgehead atoms. The number of ether oxygens (including phenoxy) is 1.